The van der Waals surface area contributed by atoms with Gasteiger partial charge in [-0.3, -0.25) is 0 Å². The van der Waals surface area contributed by atoms with Crippen molar-refractivity contribution < 1.29 is 24.2 Å². The topological polar surface area (TPSA) is 72.8 Å². The molecule has 2 atom stereocenters. The largest absolute Gasteiger partial charge is 0.463 e. The Morgan fingerprint density at radius 2 is 1.07 bits per heavy atom. The number of ether oxygens (including phenoxy) is 2. The van der Waals surface area contributed by atoms with Gasteiger partial charge in [0, 0.05) is 11.1 Å². The van der Waals surface area contributed by atoms with Crippen molar-refractivity contribution in [2.24, 2.45) is 0 Å². The van der Waals surface area contributed by atoms with E-state index >= 15 is 0 Å². The third kappa shape index (κ3) is 33.5. The van der Waals surface area contributed by atoms with E-state index in [1.54, 1.807) is 27.7 Å². The van der Waals surface area contributed by atoms with Gasteiger partial charge in [-0.25, -0.2) is 9.59 Å². The molecule has 0 saturated heterocycles. The van der Waals surface area contributed by atoms with E-state index in [0.717, 1.165) is 38.5 Å². The van der Waals surface area contributed by atoms with Crippen LogP contribution in [0.4, 0.5) is 0 Å². The van der Waals surface area contributed by atoms with E-state index in [2.05, 4.69) is 53.7 Å². The van der Waals surface area contributed by atoms with E-state index in [9.17, 15) is 9.59 Å². The number of hydrogen-bond acceptors (Lipinski definition) is 5. The fourth-order valence-corrected chi connectivity index (χ4v) is 3.48. The highest BCUT2D eigenvalue weighted by Gasteiger charge is 2.09. The summed E-state index contributed by atoms with van der Waals surface area (Å²) in [5.74, 6) is -0.424. The summed E-state index contributed by atoms with van der Waals surface area (Å²) >= 11 is 0. The summed E-state index contributed by atoms with van der Waals surface area (Å²) in [5.41, 5.74) is 6.61. The van der Waals surface area contributed by atoms with Crippen LogP contribution in [0, 0.1) is 0 Å². The zero-order valence-electron chi connectivity index (χ0n) is 28.6. The molecule has 0 aromatic carbocycles. The maximum atomic E-state index is 11.7. The first kappa shape index (κ1) is 46.3. The molecule has 1 N–H and O–H groups in total. The summed E-state index contributed by atoms with van der Waals surface area (Å²) in [6, 6.07) is 0. The molecule has 0 spiro atoms. The maximum Gasteiger partial charge on any atom is 0.333 e. The molecule has 42 heavy (non-hydrogen) atoms. The zero-order chi connectivity index (χ0) is 32.4. The van der Waals surface area contributed by atoms with Crippen LogP contribution >= 0.6 is 0 Å². The summed E-state index contributed by atoms with van der Waals surface area (Å²) < 4.78 is 10.1. The van der Waals surface area contributed by atoms with Crippen LogP contribution in [0.5, 0.6) is 0 Å². The SMILES string of the molecule is C.CC(C)=CCC/C(C)=C/C(C)O.CC/C=C(\C)C(=O)OC(C)/C=C(\C)CCC=C(C)C.CC/C=C(\C)C(=O)OCC. The summed E-state index contributed by atoms with van der Waals surface area (Å²) in [5, 5.41) is 9.04. The molecule has 0 aromatic heterocycles. The third-order valence-corrected chi connectivity index (χ3v) is 5.46. The van der Waals surface area contributed by atoms with Crippen LogP contribution in [0.1, 0.15) is 136 Å². The first-order valence-electron chi connectivity index (χ1n) is 15.1. The highest BCUT2D eigenvalue weighted by Crippen LogP contribution is 2.11. The molecule has 5 nitrogen and oxygen atoms in total. The van der Waals surface area contributed by atoms with Gasteiger partial charge in [-0.05, 0) is 121 Å². The fourth-order valence-electron chi connectivity index (χ4n) is 3.48. The lowest BCUT2D eigenvalue weighted by atomic mass is 10.1. The number of allylic oxidation sites excluding steroid dienone is 8. The average molecular weight is 591 g/mol. The van der Waals surface area contributed by atoms with Crippen LogP contribution in [-0.4, -0.2) is 35.9 Å². The Morgan fingerprint density at radius 3 is 1.43 bits per heavy atom. The molecule has 0 aromatic rings. The lowest BCUT2D eigenvalue weighted by Crippen LogP contribution is -2.14. The van der Waals surface area contributed by atoms with Crippen LogP contribution < -0.4 is 0 Å². The molecule has 0 aliphatic carbocycles. The van der Waals surface area contributed by atoms with Crippen LogP contribution in [0.3, 0.4) is 0 Å². The van der Waals surface area contributed by atoms with Gasteiger partial charge in [-0.1, -0.05) is 73.9 Å². The number of hydrogen-bond donors (Lipinski definition) is 1. The summed E-state index contributed by atoms with van der Waals surface area (Å²) in [7, 11) is 0. The van der Waals surface area contributed by atoms with E-state index in [0.29, 0.717) is 17.8 Å². The second kappa shape index (κ2) is 29.8. The minimum Gasteiger partial charge on any atom is -0.463 e. The van der Waals surface area contributed by atoms with Gasteiger partial charge in [-0.15, -0.1) is 0 Å². The normalized spacial score (nSPS) is 13.1. The van der Waals surface area contributed by atoms with Gasteiger partial charge in [-0.2, -0.15) is 0 Å². The van der Waals surface area contributed by atoms with Gasteiger partial charge in [0.2, 0.25) is 0 Å². The molecule has 0 aliphatic rings. The number of carbonyl (C=O) groups is 2. The van der Waals surface area contributed by atoms with Crippen molar-refractivity contribution in [3.8, 4) is 0 Å². The fraction of sp³-hybridized carbons (Fsp3) is 0.622. The summed E-state index contributed by atoms with van der Waals surface area (Å²) in [6.07, 6.45) is 17.6. The van der Waals surface area contributed by atoms with Crippen molar-refractivity contribution in [3.63, 3.8) is 0 Å². The predicted octanol–water partition coefficient (Wildman–Crippen LogP) is 10.6. The molecule has 2 unspecified atom stereocenters. The number of rotatable bonds is 14. The van der Waals surface area contributed by atoms with Crippen molar-refractivity contribution in [1.82, 2.24) is 0 Å². The van der Waals surface area contributed by atoms with Crippen molar-refractivity contribution in [2.75, 3.05) is 6.61 Å². The first-order valence-corrected chi connectivity index (χ1v) is 15.1. The van der Waals surface area contributed by atoms with Gasteiger partial charge in [0.05, 0.1) is 12.7 Å². The van der Waals surface area contributed by atoms with Crippen molar-refractivity contribution >= 4 is 11.9 Å². The molecule has 0 radical (unpaired) electrons. The van der Waals surface area contributed by atoms with E-state index in [1.165, 1.54) is 22.3 Å². The van der Waals surface area contributed by atoms with Gasteiger partial charge in [0.15, 0.2) is 0 Å². The molecule has 0 fully saturated rings. The van der Waals surface area contributed by atoms with E-state index in [4.69, 9.17) is 14.6 Å². The highest BCUT2D eigenvalue weighted by atomic mass is 16.5. The van der Waals surface area contributed by atoms with Gasteiger partial charge in [0.25, 0.3) is 0 Å². The molecular formula is C37H66O5. The Morgan fingerprint density at radius 1 is 0.667 bits per heavy atom. The lowest BCUT2D eigenvalue weighted by Gasteiger charge is -2.11. The van der Waals surface area contributed by atoms with Crippen molar-refractivity contribution in [3.05, 3.63) is 69.9 Å². The number of aliphatic hydroxyl groups is 1. The van der Waals surface area contributed by atoms with Crippen molar-refractivity contribution in [2.45, 2.75) is 148 Å². The monoisotopic (exact) mass is 590 g/mol. The van der Waals surface area contributed by atoms with E-state index < -0.39 is 0 Å². The Labute approximate surface area is 260 Å². The molecule has 0 amide bonds. The third-order valence-electron chi connectivity index (χ3n) is 5.46. The number of aliphatic hydroxyl groups excluding tert-OH is 1. The minimum absolute atomic E-state index is 0. The van der Waals surface area contributed by atoms with Crippen LogP contribution in [-0.2, 0) is 19.1 Å². The van der Waals surface area contributed by atoms with Crippen LogP contribution in [0.2, 0.25) is 0 Å². The van der Waals surface area contributed by atoms with E-state index in [1.807, 2.05) is 45.1 Å². The predicted molar refractivity (Wildman–Crippen MR) is 184 cm³/mol. The van der Waals surface area contributed by atoms with Crippen LogP contribution in [0.25, 0.3) is 0 Å². The molecule has 0 heterocycles. The smallest absolute Gasteiger partial charge is 0.333 e. The Hall–Kier alpha value is -2.66. The number of esters is 2. The Balaban J connectivity index is -0.000000272. The second-order valence-electron chi connectivity index (χ2n) is 10.8. The highest BCUT2D eigenvalue weighted by molar-refractivity contribution is 5.88. The second-order valence-corrected chi connectivity index (χ2v) is 10.8. The maximum absolute atomic E-state index is 11.7. The molecular weight excluding hydrogens is 524 g/mol. The molecule has 0 aliphatic heterocycles. The summed E-state index contributed by atoms with van der Waals surface area (Å²) in [4.78, 5) is 22.5. The number of carbonyl (C=O) groups excluding carboxylic acids is 2. The first-order chi connectivity index (χ1) is 19.1. The molecule has 0 rings (SSSR count). The molecule has 0 saturated carbocycles. The zero-order valence-corrected chi connectivity index (χ0v) is 28.6. The molecule has 0 bridgehead atoms. The molecule has 244 valence electrons. The van der Waals surface area contributed by atoms with E-state index in [-0.39, 0.29) is 31.6 Å². The standard InChI is InChI=1S/C17H28O2.C11H20O.C8H14O2.CH4/c1-7-9-15(5)17(18)19-16(6)12-14(4)11-8-10-13(2)3;1-9(2)6-5-7-10(3)8-11(4)12;1-4-6-7(3)8(9)10-5-2;/h9-10,12,16H,7-8,11H2,1-6H3;6,8,11-12H,5,7H2,1-4H3;6H,4-5H2,1-3H3;1H4/b14-12+,15-9+;10-8+;7-6+;. The van der Waals surface area contributed by atoms with Crippen LogP contribution in [0.15, 0.2) is 69.9 Å². The average Bonchev–Trinajstić information content (AvgIpc) is 2.84. The summed E-state index contributed by atoms with van der Waals surface area (Å²) in [6.45, 7) is 26.1. The molecule has 5 heteroatoms. The Bertz CT molecular complexity index is 902. The van der Waals surface area contributed by atoms with Crippen molar-refractivity contribution in [1.29, 1.82) is 0 Å². The Kier molecular flexibility index (Phi) is 32.9. The quantitative estimate of drug-likeness (QED) is 0.124. The lowest BCUT2D eigenvalue weighted by molar-refractivity contribution is -0.141. The van der Waals surface area contributed by atoms with Gasteiger partial charge < -0.3 is 14.6 Å². The minimum atomic E-state index is -0.309. The van der Waals surface area contributed by atoms with Gasteiger partial charge in [0.1, 0.15) is 6.10 Å². The van der Waals surface area contributed by atoms with Gasteiger partial charge >= 0.3 is 11.9 Å².